The monoisotopic (exact) mass is 384 g/mol. The van der Waals surface area contributed by atoms with Crippen LogP contribution in [0.5, 0.6) is 5.75 Å². The van der Waals surface area contributed by atoms with Crippen molar-refractivity contribution in [2.24, 2.45) is 5.10 Å². The van der Waals surface area contributed by atoms with E-state index in [1.165, 1.54) is 17.1 Å². The minimum Gasteiger partial charge on any atom is -0.487 e. The van der Waals surface area contributed by atoms with Gasteiger partial charge >= 0.3 is 5.97 Å². The van der Waals surface area contributed by atoms with Gasteiger partial charge in [-0.15, -0.1) is 0 Å². The Morgan fingerprint density at radius 1 is 1.00 bits per heavy atom. The first-order valence-corrected chi connectivity index (χ1v) is 9.09. The van der Waals surface area contributed by atoms with Crippen molar-refractivity contribution in [2.75, 3.05) is 19.8 Å². The summed E-state index contributed by atoms with van der Waals surface area (Å²) >= 11 is 0. The lowest BCUT2D eigenvalue weighted by Crippen LogP contribution is -2.24. The van der Waals surface area contributed by atoms with Gasteiger partial charge in [-0.1, -0.05) is 42.5 Å². The van der Waals surface area contributed by atoms with Crippen molar-refractivity contribution in [2.45, 2.75) is 19.3 Å². The molecular formula is C21H21FN2O4. The summed E-state index contributed by atoms with van der Waals surface area (Å²) in [4.78, 5) is 24.0. The fourth-order valence-electron chi connectivity index (χ4n) is 2.75. The molecule has 0 fully saturated rings. The molecule has 6 nitrogen and oxygen atoms in total. The molecule has 0 unspecified atom stereocenters. The number of ether oxygens (including phenoxy) is 2. The van der Waals surface area contributed by atoms with Gasteiger partial charge < -0.3 is 9.47 Å². The number of benzene rings is 2. The highest BCUT2D eigenvalue weighted by Crippen LogP contribution is 2.16. The number of hydrogen-bond acceptors (Lipinski definition) is 5. The number of carbonyl (C=O) groups excluding carboxylic acids is 2. The Morgan fingerprint density at radius 3 is 2.54 bits per heavy atom. The van der Waals surface area contributed by atoms with Crippen LogP contribution in [0.2, 0.25) is 0 Å². The molecule has 28 heavy (non-hydrogen) atoms. The number of para-hydroxylation sites is 1. The molecule has 1 aliphatic rings. The Hall–Kier alpha value is -3.22. The molecule has 0 saturated heterocycles. The maximum absolute atomic E-state index is 13.4. The van der Waals surface area contributed by atoms with Crippen LogP contribution in [0.3, 0.4) is 0 Å². The normalized spacial score (nSPS) is 13.2. The van der Waals surface area contributed by atoms with E-state index in [-0.39, 0.29) is 37.7 Å². The van der Waals surface area contributed by atoms with Crippen molar-refractivity contribution < 1.29 is 23.5 Å². The molecule has 0 saturated carbocycles. The largest absolute Gasteiger partial charge is 0.487 e. The van der Waals surface area contributed by atoms with Crippen LogP contribution in [-0.4, -0.2) is 42.4 Å². The second kappa shape index (κ2) is 9.64. The van der Waals surface area contributed by atoms with E-state index in [1.807, 2.05) is 30.3 Å². The van der Waals surface area contributed by atoms with Gasteiger partial charge in [-0.05, 0) is 17.7 Å². The molecule has 0 bridgehead atoms. The Bertz CT molecular complexity index is 854. The van der Waals surface area contributed by atoms with Gasteiger partial charge in [0.15, 0.2) is 11.6 Å². The highest BCUT2D eigenvalue weighted by atomic mass is 19.1. The highest BCUT2D eigenvalue weighted by molar-refractivity contribution is 6.02. The van der Waals surface area contributed by atoms with Crippen molar-refractivity contribution in [1.29, 1.82) is 0 Å². The summed E-state index contributed by atoms with van der Waals surface area (Å²) < 4.78 is 23.6. The summed E-state index contributed by atoms with van der Waals surface area (Å²) in [6.07, 6.45) is 0.678. The van der Waals surface area contributed by atoms with Crippen LogP contribution >= 0.6 is 0 Å². The number of halogens is 1. The molecule has 2 aromatic carbocycles. The molecule has 0 spiro atoms. The number of rotatable bonds is 8. The van der Waals surface area contributed by atoms with E-state index in [9.17, 15) is 14.0 Å². The Balaban J connectivity index is 1.36. The SMILES string of the molecule is O=C(CCC(=O)N1CCC(c2ccccc2)=N1)OCCOc1ccccc1F. The van der Waals surface area contributed by atoms with Crippen LogP contribution in [0, 0.1) is 5.82 Å². The molecule has 3 rings (SSSR count). The van der Waals surface area contributed by atoms with Crippen molar-refractivity contribution in [3.63, 3.8) is 0 Å². The van der Waals surface area contributed by atoms with Gasteiger partial charge in [0.1, 0.15) is 13.2 Å². The quantitative estimate of drug-likeness (QED) is 0.518. The third-order valence-corrected chi connectivity index (χ3v) is 4.18. The van der Waals surface area contributed by atoms with Gasteiger partial charge in [-0.2, -0.15) is 5.10 Å². The van der Waals surface area contributed by atoms with E-state index in [2.05, 4.69) is 5.10 Å². The Labute approximate surface area is 162 Å². The number of amides is 1. The van der Waals surface area contributed by atoms with Gasteiger partial charge in [-0.25, -0.2) is 9.40 Å². The third kappa shape index (κ3) is 5.39. The lowest BCUT2D eigenvalue weighted by molar-refractivity contribution is -0.146. The Kier molecular flexibility index (Phi) is 6.73. The molecule has 7 heteroatoms. The average Bonchev–Trinajstić information content (AvgIpc) is 3.22. The fraction of sp³-hybridized carbons (Fsp3) is 0.286. The molecule has 0 aliphatic carbocycles. The smallest absolute Gasteiger partial charge is 0.306 e. The van der Waals surface area contributed by atoms with Gasteiger partial charge in [0.25, 0.3) is 0 Å². The first kappa shape index (κ1) is 19.5. The maximum atomic E-state index is 13.4. The highest BCUT2D eigenvalue weighted by Gasteiger charge is 2.22. The van der Waals surface area contributed by atoms with Crippen molar-refractivity contribution in [3.05, 3.63) is 66.0 Å². The van der Waals surface area contributed by atoms with E-state index in [1.54, 1.807) is 12.1 Å². The van der Waals surface area contributed by atoms with Gasteiger partial charge in [-0.3, -0.25) is 9.59 Å². The summed E-state index contributed by atoms with van der Waals surface area (Å²) in [6.45, 7) is 0.535. The lowest BCUT2D eigenvalue weighted by Gasteiger charge is -2.11. The van der Waals surface area contributed by atoms with E-state index in [0.717, 1.165) is 11.3 Å². The van der Waals surface area contributed by atoms with Crippen LogP contribution in [0.1, 0.15) is 24.8 Å². The summed E-state index contributed by atoms with van der Waals surface area (Å²) in [7, 11) is 0. The van der Waals surface area contributed by atoms with Crippen LogP contribution in [-0.2, 0) is 14.3 Å². The molecule has 0 radical (unpaired) electrons. The minimum atomic E-state index is -0.503. The van der Waals surface area contributed by atoms with Crippen LogP contribution < -0.4 is 4.74 Å². The first-order valence-electron chi connectivity index (χ1n) is 9.09. The minimum absolute atomic E-state index is 0.0125. The van der Waals surface area contributed by atoms with Gasteiger partial charge in [0, 0.05) is 12.8 Å². The predicted octanol–water partition coefficient (Wildman–Crippen LogP) is 3.16. The van der Waals surface area contributed by atoms with E-state index in [4.69, 9.17) is 9.47 Å². The second-order valence-electron chi connectivity index (χ2n) is 6.18. The van der Waals surface area contributed by atoms with E-state index in [0.29, 0.717) is 13.0 Å². The van der Waals surface area contributed by atoms with Crippen molar-refractivity contribution >= 4 is 17.6 Å². The number of hydrazone groups is 1. The first-order chi connectivity index (χ1) is 13.6. The number of nitrogens with zero attached hydrogens (tertiary/aromatic N) is 2. The van der Waals surface area contributed by atoms with Crippen LogP contribution in [0.25, 0.3) is 0 Å². The second-order valence-corrected chi connectivity index (χ2v) is 6.18. The lowest BCUT2D eigenvalue weighted by atomic mass is 10.1. The van der Waals surface area contributed by atoms with E-state index >= 15 is 0 Å². The van der Waals surface area contributed by atoms with Gasteiger partial charge in [0.05, 0.1) is 18.7 Å². The topological polar surface area (TPSA) is 68.2 Å². The fourth-order valence-corrected chi connectivity index (χ4v) is 2.75. The number of esters is 1. The molecule has 0 atom stereocenters. The molecule has 1 aliphatic heterocycles. The third-order valence-electron chi connectivity index (χ3n) is 4.18. The molecular weight excluding hydrogens is 363 g/mol. The zero-order valence-electron chi connectivity index (χ0n) is 15.3. The van der Waals surface area contributed by atoms with Crippen LogP contribution in [0.4, 0.5) is 4.39 Å². The maximum Gasteiger partial charge on any atom is 0.306 e. The predicted molar refractivity (Wildman–Crippen MR) is 101 cm³/mol. The van der Waals surface area contributed by atoms with Gasteiger partial charge in [0.2, 0.25) is 5.91 Å². The summed E-state index contributed by atoms with van der Waals surface area (Å²) in [5, 5.41) is 5.75. The van der Waals surface area contributed by atoms with Crippen molar-refractivity contribution in [3.8, 4) is 5.75 Å². The molecule has 1 amide bonds. The molecule has 146 valence electrons. The average molecular weight is 384 g/mol. The molecule has 0 N–H and O–H groups in total. The summed E-state index contributed by atoms with van der Waals surface area (Å²) in [5.74, 6) is -1.09. The zero-order valence-corrected chi connectivity index (χ0v) is 15.3. The molecule has 0 aromatic heterocycles. The van der Waals surface area contributed by atoms with E-state index < -0.39 is 11.8 Å². The summed E-state index contributed by atoms with van der Waals surface area (Å²) in [5.41, 5.74) is 1.86. The zero-order chi connectivity index (χ0) is 19.8. The van der Waals surface area contributed by atoms with Crippen LogP contribution in [0.15, 0.2) is 59.7 Å². The standard InChI is InChI=1S/C21H21FN2O4/c22-17-8-4-5-9-19(17)27-14-15-28-21(26)11-10-20(25)24-13-12-18(23-24)16-6-2-1-3-7-16/h1-9H,10-15H2. The number of carbonyl (C=O) groups is 2. The molecule has 1 heterocycles. The number of hydrogen-bond donors (Lipinski definition) is 0. The Morgan fingerprint density at radius 2 is 1.75 bits per heavy atom. The van der Waals surface area contributed by atoms with Crippen molar-refractivity contribution in [1.82, 2.24) is 5.01 Å². The molecule has 2 aromatic rings. The summed E-state index contributed by atoms with van der Waals surface area (Å²) in [6, 6.07) is 15.7.